The average molecular weight is 569 g/mol. The molecule has 9 nitrogen and oxygen atoms in total. The number of nitrogens with zero attached hydrogens (tertiary/aromatic N) is 4. The summed E-state index contributed by atoms with van der Waals surface area (Å²) >= 11 is 1.45. The molecular formula is C30H40N4O5S. The first kappa shape index (κ1) is 29.7. The van der Waals surface area contributed by atoms with Crippen LogP contribution in [0, 0.1) is 5.92 Å². The summed E-state index contributed by atoms with van der Waals surface area (Å²) in [6.45, 7) is 12.2. The van der Waals surface area contributed by atoms with Crippen molar-refractivity contribution in [3.63, 3.8) is 0 Å². The van der Waals surface area contributed by atoms with E-state index in [1.54, 1.807) is 54.5 Å². The Morgan fingerprint density at radius 2 is 1.88 bits per heavy atom. The molecule has 1 aliphatic heterocycles. The Kier molecular flexibility index (Phi) is 8.42. The van der Waals surface area contributed by atoms with Gasteiger partial charge in [-0.05, 0) is 56.4 Å². The van der Waals surface area contributed by atoms with Crippen molar-refractivity contribution in [2.75, 3.05) is 20.8 Å². The van der Waals surface area contributed by atoms with Gasteiger partial charge in [-0.15, -0.1) is 11.3 Å². The smallest absolute Gasteiger partial charge is 0.334 e. The Bertz CT molecular complexity index is 1310. The topological polar surface area (TPSA) is 95.8 Å². The molecule has 2 aromatic heterocycles. The largest absolute Gasteiger partial charge is 0.496 e. The standard InChI is InChI=1S/C30H40N4O5S/c1-28(2,3)22-11-10-20(16-23(22)38-8)26(35)34-24(25-31-13-15-40-25)21(18-37-7)17-30(34,19-33-14-9-12-32-33)27(36)39-29(4,5)6/h9-16,21,24H,17-19H2,1-8H3/t21-,24-,30-/m1/s1. The number of ether oxygens (including phenoxy) is 3. The van der Waals surface area contributed by atoms with Crippen molar-refractivity contribution >= 4 is 23.2 Å². The zero-order valence-corrected chi connectivity index (χ0v) is 25.4. The molecule has 0 spiro atoms. The van der Waals surface area contributed by atoms with Crippen LogP contribution in [0.1, 0.15) is 74.9 Å². The second-order valence-corrected chi connectivity index (χ2v) is 13.2. The molecular weight excluding hydrogens is 528 g/mol. The maximum atomic E-state index is 14.7. The number of carbonyl (C=O) groups excluding carboxylic acids is 2. The van der Waals surface area contributed by atoms with E-state index < -0.39 is 23.2 Å². The normalized spacial score (nSPS) is 21.4. The Morgan fingerprint density at radius 1 is 1.12 bits per heavy atom. The van der Waals surface area contributed by atoms with E-state index in [2.05, 4.69) is 30.9 Å². The molecule has 1 fully saturated rings. The van der Waals surface area contributed by atoms with Gasteiger partial charge in [0.2, 0.25) is 0 Å². The van der Waals surface area contributed by atoms with Gasteiger partial charge in [-0.3, -0.25) is 9.48 Å². The fourth-order valence-corrected chi connectivity index (χ4v) is 6.32. The summed E-state index contributed by atoms with van der Waals surface area (Å²) in [6, 6.07) is 6.78. The Morgan fingerprint density at radius 3 is 2.42 bits per heavy atom. The van der Waals surface area contributed by atoms with Crippen molar-refractivity contribution in [3.05, 3.63) is 64.4 Å². The molecule has 3 heterocycles. The molecule has 216 valence electrons. The Balaban J connectivity index is 1.93. The lowest BCUT2D eigenvalue weighted by Crippen LogP contribution is -2.58. The third kappa shape index (κ3) is 5.93. The van der Waals surface area contributed by atoms with Crippen LogP contribution in [0.15, 0.2) is 48.2 Å². The van der Waals surface area contributed by atoms with Crippen LogP contribution in [-0.4, -0.2) is 63.5 Å². The Hall–Kier alpha value is -3.24. The van der Waals surface area contributed by atoms with Gasteiger partial charge >= 0.3 is 5.97 Å². The van der Waals surface area contributed by atoms with Crippen molar-refractivity contribution in [3.8, 4) is 5.75 Å². The second kappa shape index (κ2) is 11.3. The zero-order valence-electron chi connectivity index (χ0n) is 24.6. The molecule has 3 atom stereocenters. The lowest BCUT2D eigenvalue weighted by Gasteiger charge is -2.40. The maximum Gasteiger partial charge on any atom is 0.334 e. The lowest BCUT2D eigenvalue weighted by atomic mass is 9.85. The number of esters is 1. The lowest BCUT2D eigenvalue weighted by molar-refractivity contribution is -0.168. The molecule has 40 heavy (non-hydrogen) atoms. The predicted molar refractivity (Wildman–Crippen MR) is 154 cm³/mol. The van der Waals surface area contributed by atoms with Crippen molar-refractivity contribution in [1.82, 2.24) is 19.7 Å². The minimum Gasteiger partial charge on any atom is -0.496 e. The van der Waals surface area contributed by atoms with Crippen molar-refractivity contribution in [2.24, 2.45) is 5.92 Å². The number of benzene rings is 1. The van der Waals surface area contributed by atoms with Gasteiger partial charge in [0.05, 0.1) is 26.3 Å². The Labute approximate surface area is 240 Å². The number of carbonyl (C=O) groups is 2. The summed E-state index contributed by atoms with van der Waals surface area (Å²) < 4.78 is 19.1. The van der Waals surface area contributed by atoms with Gasteiger partial charge in [-0.1, -0.05) is 26.8 Å². The summed E-state index contributed by atoms with van der Waals surface area (Å²) in [5, 5.41) is 7.02. The highest BCUT2D eigenvalue weighted by molar-refractivity contribution is 7.09. The minimum absolute atomic E-state index is 0.125. The van der Waals surface area contributed by atoms with E-state index in [0.29, 0.717) is 24.3 Å². The molecule has 1 aromatic carbocycles. The van der Waals surface area contributed by atoms with Crippen LogP contribution in [0.5, 0.6) is 5.75 Å². The van der Waals surface area contributed by atoms with Crippen LogP contribution >= 0.6 is 11.3 Å². The molecule has 10 heteroatoms. The highest BCUT2D eigenvalue weighted by Crippen LogP contribution is 2.50. The predicted octanol–water partition coefficient (Wildman–Crippen LogP) is 5.28. The quantitative estimate of drug-likeness (QED) is 0.341. The van der Waals surface area contributed by atoms with Crippen molar-refractivity contribution in [2.45, 2.75) is 77.1 Å². The zero-order chi connectivity index (χ0) is 29.3. The molecule has 0 saturated carbocycles. The molecule has 4 rings (SSSR count). The van der Waals surface area contributed by atoms with Crippen LogP contribution in [-0.2, 0) is 26.2 Å². The van der Waals surface area contributed by atoms with E-state index >= 15 is 0 Å². The van der Waals surface area contributed by atoms with Gasteiger partial charge in [-0.2, -0.15) is 5.10 Å². The van der Waals surface area contributed by atoms with Crippen LogP contribution < -0.4 is 4.74 Å². The number of methoxy groups -OCH3 is 2. The van der Waals surface area contributed by atoms with Crippen LogP contribution in [0.3, 0.4) is 0 Å². The number of hydrogen-bond donors (Lipinski definition) is 0. The first-order valence-electron chi connectivity index (χ1n) is 13.4. The van der Waals surface area contributed by atoms with Crippen LogP contribution in [0.2, 0.25) is 0 Å². The number of thiazole rings is 1. The molecule has 1 aliphatic rings. The number of likely N-dealkylation sites (tertiary alicyclic amines) is 1. The van der Waals surface area contributed by atoms with Gasteiger partial charge < -0.3 is 19.1 Å². The monoisotopic (exact) mass is 568 g/mol. The number of hydrogen-bond acceptors (Lipinski definition) is 8. The summed E-state index contributed by atoms with van der Waals surface area (Å²) in [5.74, 6) is -0.386. The molecule has 1 saturated heterocycles. The van der Waals surface area contributed by atoms with E-state index in [4.69, 9.17) is 14.2 Å². The van der Waals surface area contributed by atoms with E-state index in [0.717, 1.165) is 10.6 Å². The minimum atomic E-state index is -1.37. The second-order valence-electron chi connectivity index (χ2n) is 12.3. The van der Waals surface area contributed by atoms with Crippen LogP contribution in [0.4, 0.5) is 0 Å². The SMILES string of the molecule is COC[C@H]1C[C@@](Cn2cccn2)(C(=O)OC(C)(C)C)N(C(=O)c2ccc(C(C)(C)C)c(OC)c2)[C@H]1c1nccs1. The first-order chi connectivity index (χ1) is 18.8. The molecule has 3 aromatic rings. The van der Waals surface area contributed by atoms with Gasteiger partial charge in [0.1, 0.15) is 16.4 Å². The maximum absolute atomic E-state index is 14.7. The third-order valence-corrected chi connectivity index (χ3v) is 7.95. The summed E-state index contributed by atoms with van der Waals surface area (Å²) in [7, 11) is 3.23. The molecule has 0 radical (unpaired) electrons. The molecule has 0 N–H and O–H groups in total. The van der Waals surface area contributed by atoms with Gasteiger partial charge in [0.25, 0.3) is 5.91 Å². The van der Waals surface area contributed by atoms with Crippen molar-refractivity contribution in [1.29, 1.82) is 0 Å². The summed E-state index contributed by atoms with van der Waals surface area (Å²) in [4.78, 5) is 35.3. The third-order valence-electron chi connectivity index (χ3n) is 7.11. The number of rotatable bonds is 8. The molecule has 1 amide bonds. The number of aromatic nitrogens is 3. The fourth-order valence-electron chi connectivity index (χ4n) is 5.50. The molecule has 0 aliphatic carbocycles. The fraction of sp³-hybridized carbons (Fsp3) is 0.533. The van der Waals surface area contributed by atoms with E-state index in [1.165, 1.54) is 11.3 Å². The first-order valence-corrected chi connectivity index (χ1v) is 14.3. The van der Waals surface area contributed by atoms with Gasteiger partial charge in [0.15, 0.2) is 5.54 Å². The molecule has 0 bridgehead atoms. The summed E-state index contributed by atoms with van der Waals surface area (Å²) in [6.07, 6.45) is 5.49. The van der Waals surface area contributed by atoms with Crippen LogP contribution in [0.25, 0.3) is 0 Å². The molecule has 0 unspecified atom stereocenters. The van der Waals surface area contributed by atoms with Gasteiger partial charge in [-0.25, -0.2) is 9.78 Å². The van der Waals surface area contributed by atoms with Crippen molar-refractivity contribution < 1.29 is 23.8 Å². The van der Waals surface area contributed by atoms with E-state index in [-0.39, 0.29) is 23.8 Å². The number of amides is 1. The highest BCUT2D eigenvalue weighted by atomic mass is 32.1. The highest BCUT2D eigenvalue weighted by Gasteiger charge is 2.61. The van der Waals surface area contributed by atoms with E-state index in [1.807, 2.05) is 38.3 Å². The average Bonchev–Trinajstić information content (AvgIpc) is 3.63. The summed E-state index contributed by atoms with van der Waals surface area (Å²) in [5.41, 5.74) is -0.925. The van der Waals surface area contributed by atoms with E-state index in [9.17, 15) is 9.59 Å². The van der Waals surface area contributed by atoms with Gasteiger partial charge in [0, 0.05) is 42.6 Å².